The Labute approximate surface area is 137 Å². The van der Waals surface area contributed by atoms with Crippen molar-refractivity contribution in [3.63, 3.8) is 0 Å². The van der Waals surface area contributed by atoms with Crippen molar-refractivity contribution in [3.8, 4) is 0 Å². The minimum Gasteiger partial charge on any atom is -0.391 e. The predicted molar refractivity (Wildman–Crippen MR) is 92.6 cm³/mol. The number of aromatic nitrogens is 2. The molecule has 3 N–H and O–H groups in total. The monoisotopic (exact) mass is 314 g/mol. The number of nitrogens with one attached hydrogen (secondary N) is 2. The van der Waals surface area contributed by atoms with Crippen LogP contribution in [-0.2, 0) is 0 Å². The van der Waals surface area contributed by atoms with Crippen molar-refractivity contribution in [3.05, 3.63) is 24.3 Å². The summed E-state index contributed by atoms with van der Waals surface area (Å²) in [6, 6.07) is 8.98. The van der Waals surface area contributed by atoms with E-state index in [4.69, 9.17) is 0 Å². The summed E-state index contributed by atoms with van der Waals surface area (Å²) in [4.78, 5) is 10.5. The van der Waals surface area contributed by atoms with Crippen molar-refractivity contribution in [2.24, 2.45) is 0 Å². The van der Waals surface area contributed by atoms with Crippen LogP contribution in [0.25, 0.3) is 11.0 Å². The second-order valence-electron chi connectivity index (χ2n) is 6.98. The second-order valence-corrected chi connectivity index (χ2v) is 6.98. The minimum absolute atomic E-state index is 0.122. The van der Waals surface area contributed by atoms with Crippen LogP contribution in [0.15, 0.2) is 24.3 Å². The quantitative estimate of drug-likeness (QED) is 0.815. The van der Waals surface area contributed by atoms with Crippen LogP contribution in [0.2, 0.25) is 0 Å². The van der Waals surface area contributed by atoms with Crippen molar-refractivity contribution < 1.29 is 5.11 Å². The number of aliphatic hydroxyl groups is 1. The van der Waals surface area contributed by atoms with Gasteiger partial charge in [-0.05, 0) is 37.8 Å². The smallest absolute Gasteiger partial charge is 0.201 e. The molecule has 23 heavy (non-hydrogen) atoms. The molecule has 1 saturated heterocycles. The van der Waals surface area contributed by atoms with Crippen LogP contribution in [0.1, 0.15) is 38.5 Å². The first-order valence-corrected chi connectivity index (χ1v) is 8.93. The van der Waals surface area contributed by atoms with E-state index in [1.54, 1.807) is 0 Å². The van der Waals surface area contributed by atoms with Gasteiger partial charge >= 0.3 is 0 Å². The molecule has 2 aromatic rings. The highest BCUT2D eigenvalue weighted by atomic mass is 16.3. The average Bonchev–Trinajstić information content (AvgIpc) is 2.98. The Hall–Kier alpha value is -1.59. The van der Waals surface area contributed by atoms with E-state index in [1.807, 2.05) is 18.2 Å². The summed E-state index contributed by atoms with van der Waals surface area (Å²) >= 11 is 0. The molecule has 2 unspecified atom stereocenters. The van der Waals surface area contributed by atoms with E-state index in [0.717, 1.165) is 55.8 Å². The molecule has 2 atom stereocenters. The third kappa shape index (κ3) is 3.21. The molecule has 1 saturated carbocycles. The van der Waals surface area contributed by atoms with Crippen LogP contribution >= 0.6 is 0 Å². The molecule has 0 radical (unpaired) electrons. The fourth-order valence-electron chi connectivity index (χ4n) is 4.11. The number of likely N-dealkylation sites (tertiary alicyclic amines) is 1. The fraction of sp³-hybridized carbons (Fsp3) is 0.611. The summed E-state index contributed by atoms with van der Waals surface area (Å²) in [5, 5.41) is 13.8. The zero-order chi connectivity index (χ0) is 15.6. The van der Waals surface area contributed by atoms with E-state index in [2.05, 4.69) is 26.3 Å². The van der Waals surface area contributed by atoms with Gasteiger partial charge in [0.25, 0.3) is 0 Å². The van der Waals surface area contributed by atoms with Crippen molar-refractivity contribution in [1.82, 2.24) is 14.9 Å². The first-order chi connectivity index (χ1) is 11.3. The van der Waals surface area contributed by atoms with Crippen LogP contribution in [0.5, 0.6) is 0 Å². The molecule has 5 heteroatoms. The molecular weight excluding hydrogens is 288 g/mol. The van der Waals surface area contributed by atoms with Gasteiger partial charge in [-0.2, -0.15) is 0 Å². The highest BCUT2D eigenvalue weighted by Crippen LogP contribution is 2.26. The van der Waals surface area contributed by atoms with Gasteiger partial charge in [-0.15, -0.1) is 0 Å². The number of benzene rings is 1. The maximum Gasteiger partial charge on any atom is 0.201 e. The topological polar surface area (TPSA) is 64.2 Å². The lowest BCUT2D eigenvalue weighted by Gasteiger charge is -2.41. The fourth-order valence-corrected chi connectivity index (χ4v) is 4.11. The third-order valence-electron chi connectivity index (χ3n) is 5.42. The molecule has 5 nitrogen and oxygen atoms in total. The van der Waals surface area contributed by atoms with E-state index in [1.165, 1.54) is 12.8 Å². The molecule has 1 aliphatic carbocycles. The van der Waals surface area contributed by atoms with Gasteiger partial charge in [0.05, 0.1) is 17.1 Å². The normalized spacial score (nSPS) is 27.3. The molecular formula is C18H26N4O. The van der Waals surface area contributed by atoms with E-state index in [-0.39, 0.29) is 6.10 Å². The summed E-state index contributed by atoms with van der Waals surface area (Å²) in [5.41, 5.74) is 2.09. The molecule has 124 valence electrons. The number of H-pyrrole nitrogens is 1. The van der Waals surface area contributed by atoms with E-state index < -0.39 is 0 Å². The highest BCUT2D eigenvalue weighted by molar-refractivity contribution is 5.77. The molecule has 1 aromatic carbocycles. The third-order valence-corrected chi connectivity index (χ3v) is 5.42. The van der Waals surface area contributed by atoms with Crippen LogP contribution in [0.3, 0.4) is 0 Å². The number of para-hydroxylation sites is 2. The standard InChI is InChI=1S/C18H26N4O/c23-17-8-4-3-7-16(17)22-11-9-13(10-12-22)19-18-20-14-5-1-2-6-15(14)21-18/h1-2,5-6,13,16-17,23H,3-4,7-12H2,(H2,19,20,21). The molecule has 2 aliphatic rings. The van der Waals surface area contributed by atoms with Crippen molar-refractivity contribution in [2.75, 3.05) is 18.4 Å². The first-order valence-electron chi connectivity index (χ1n) is 8.93. The predicted octanol–water partition coefficient (Wildman–Crippen LogP) is 2.74. The maximum atomic E-state index is 10.2. The summed E-state index contributed by atoms with van der Waals surface area (Å²) in [6.45, 7) is 2.14. The lowest BCUT2D eigenvalue weighted by Crippen LogP contribution is -2.50. The van der Waals surface area contributed by atoms with Gasteiger partial charge in [-0.25, -0.2) is 4.98 Å². The number of hydrogen-bond acceptors (Lipinski definition) is 4. The Morgan fingerprint density at radius 3 is 2.65 bits per heavy atom. The van der Waals surface area contributed by atoms with Gasteiger partial charge < -0.3 is 15.4 Å². The first kappa shape index (κ1) is 15.0. The van der Waals surface area contributed by atoms with Crippen LogP contribution in [0.4, 0.5) is 5.95 Å². The molecule has 1 aromatic heterocycles. The number of aliphatic hydroxyl groups excluding tert-OH is 1. The summed E-state index contributed by atoms with van der Waals surface area (Å²) in [6.07, 6.45) is 6.68. The zero-order valence-corrected chi connectivity index (χ0v) is 13.5. The number of nitrogens with zero attached hydrogens (tertiary/aromatic N) is 2. The van der Waals surface area contributed by atoms with Gasteiger partial charge in [0.15, 0.2) is 0 Å². The lowest BCUT2D eigenvalue weighted by atomic mass is 9.89. The zero-order valence-electron chi connectivity index (χ0n) is 13.5. The Balaban J connectivity index is 1.34. The van der Waals surface area contributed by atoms with Gasteiger partial charge in [0.1, 0.15) is 0 Å². The van der Waals surface area contributed by atoms with E-state index in [0.29, 0.717) is 12.1 Å². The Kier molecular flexibility index (Phi) is 4.23. The van der Waals surface area contributed by atoms with Crippen molar-refractivity contribution in [1.29, 1.82) is 0 Å². The number of fused-ring (bicyclic) bond motifs is 1. The summed E-state index contributed by atoms with van der Waals surface area (Å²) < 4.78 is 0. The number of hydrogen-bond donors (Lipinski definition) is 3. The summed E-state index contributed by atoms with van der Waals surface area (Å²) in [7, 11) is 0. The highest BCUT2D eigenvalue weighted by Gasteiger charge is 2.31. The molecule has 0 spiro atoms. The number of piperidine rings is 1. The number of anilines is 1. The number of rotatable bonds is 3. The molecule has 1 aliphatic heterocycles. The van der Waals surface area contributed by atoms with Crippen molar-refractivity contribution >= 4 is 17.0 Å². The van der Waals surface area contributed by atoms with E-state index in [9.17, 15) is 5.11 Å². The average molecular weight is 314 g/mol. The van der Waals surface area contributed by atoms with Crippen LogP contribution < -0.4 is 5.32 Å². The lowest BCUT2D eigenvalue weighted by molar-refractivity contribution is 0.00991. The molecule has 0 bridgehead atoms. The van der Waals surface area contributed by atoms with E-state index >= 15 is 0 Å². The Bertz CT molecular complexity index is 614. The molecule has 2 fully saturated rings. The van der Waals surface area contributed by atoms with Gasteiger partial charge in [-0.1, -0.05) is 25.0 Å². The van der Waals surface area contributed by atoms with Crippen molar-refractivity contribution in [2.45, 2.75) is 56.7 Å². The van der Waals surface area contributed by atoms with Crippen LogP contribution in [-0.4, -0.2) is 51.3 Å². The SMILES string of the molecule is OC1CCCCC1N1CCC(Nc2nc3ccccc3[nH]2)CC1. The maximum absolute atomic E-state index is 10.2. The van der Waals surface area contributed by atoms with Crippen LogP contribution in [0, 0.1) is 0 Å². The molecule has 4 rings (SSSR count). The Morgan fingerprint density at radius 1 is 1.09 bits per heavy atom. The molecule has 2 heterocycles. The van der Waals surface area contributed by atoms with Gasteiger partial charge in [-0.3, -0.25) is 4.90 Å². The summed E-state index contributed by atoms with van der Waals surface area (Å²) in [5.74, 6) is 0.877. The number of aromatic amines is 1. The minimum atomic E-state index is -0.122. The Morgan fingerprint density at radius 2 is 1.87 bits per heavy atom. The second kappa shape index (κ2) is 6.49. The molecule has 0 amide bonds. The van der Waals surface area contributed by atoms with Gasteiger partial charge in [0.2, 0.25) is 5.95 Å². The van der Waals surface area contributed by atoms with Gasteiger partial charge in [0, 0.05) is 25.2 Å². The largest absolute Gasteiger partial charge is 0.391 e. The number of imidazole rings is 1.